The average Bonchev–Trinajstić information content (AvgIpc) is 3.31. The molecule has 0 saturated heterocycles. The van der Waals surface area contributed by atoms with Crippen LogP contribution >= 0.6 is 23.1 Å². The number of hydrogen-bond acceptors (Lipinski definition) is 9. The maximum absolute atomic E-state index is 13.1. The van der Waals surface area contributed by atoms with Gasteiger partial charge in [0, 0.05) is 29.4 Å². The molecule has 1 aromatic heterocycles. The summed E-state index contributed by atoms with van der Waals surface area (Å²) in [6.07, 6.45) is -0.659. The van der Waals surface area contributed by atoms with E-state index >= 15 is 0 Å². The number of amides is 2. The number of benzene rings is 2. The van der Waals surface area contributed by atoms with Crippen LogP contribution in [0.5, 0.6) is 0 Å². The topological polar surface area (TPSA) is 114 Å². The minimum Gasteiger partial charge on any atom is -0.462 e. The van der Waals surface area contributed by atoms with Crippen LogP contribution in [0, 0.1) is 0 Å². The first kappa shape index (κ1) is 28.8. The summed E-state index contributed by atoms with van der Waals surface area (Å²) < 4.78 is 10.7. The number of carbonyl (C=O) groups excluding carboxylic acids is 4. The molecule has 0 bridgehead atoms. The zero-order valence-corrected chi connectivity index (χ0v) is 24.4. The molecular weight excluding hydrogens is 562 g/mol. The molecule has 0 spiro atoms. The van der Waals surface area contributed by atoms with Crippen molar-refractivity contribution in [3.8, 4) is 0 Å². The molecule has 0 unspecified atom stereocenters. The van der Waals surface area contributed by atoms with Crippen molar-refractivity contribution in [2.45, 2.75) is 56.0 Å². The van der Waals surface area contributed by atoms with Crippen molar-refractivity contribution in [2.24, 2.45) is 0 Å². The van der Waals surface area contributed by atoms with Crippen molar-refractivity contribution >= 4 is 57.5 Å². The van der Waals surface area contributed by atoms with Crippen LogP contribution < -0.4 is 10.6 Å². The van der Waals surface area contributed by atoms with Crippen LogP contribution in [0.1, 0.15) is 46.6 Å². The number of fused-ring (bicyclic) bond motifs is 2. The Morgan fingerprint density at radius 2 is 1.88 bits per heavy atom. The highest BCUT2D eigenvalue weighted by molar-refractivity contribution is 8.01. The Kier molecular flexibility index (Phi) is 9.06. The Balaban J connectivity index is 1.24. The molecule has 2 atom stereocenters. The molecule has 214 valence electrons. The molecule has 2 amide bonds. The number of thiophene rings is 1. The first-order chi connectivity index (χ1) is 19.8. The average molecular weight is 594 g/mol. The van der Waals surface area contributed by atoms with Crippen molar-refractivity contribution in [2.75, 3.05) is 23.8 Å². The minimum atomic E-state index is -1.13. The zero-order valence-electron chi connectivity index (χ0n) is 22.8. The molecule has 2 aliphatic rings. The second kappa shape index (κ2) is 12.9. The van der Waals surface area contributed by atoms with Crippen LogP contribution in [-0.2, 0) is 43.4 Å². The van der Waals surface area contributed by atoms with Crippen molar-refractivity contribution in [3.05, 3.63) is 76.2 Å². The number of carbonyl (C=O) groups is 4. The molecule has 0 aliphatic carbocycles. The summed E-state index contributed by atoms with van der Waals surface area (Å²) in [5.41, 5.74) is 3.17. The van der Waals surface area contributed by atoms with Crippen LogP contribution in [0.3, 0.4) is 0 Å². The van der Waals surface area contributed by atoms with E-state index in [1.165, 1.54) is 35.6 Å². The second-order valence-corrected chi connectivity index (χ2v) is 12.1. The number of hydrogen-bond donors (Lipinski definition) is 2. The third-order valence-corrected chi connectivity index (χ3v) is 9.24. The van der Waals surface area contributed by atoms with Crippen molar-refractivity contribution < 1.29 is 28.7 Å². The number of ether oxygens (including phenoxy) is 2. The van der Waals surface area contributed by atoms with E-state index in [0.717, 1.165) is 28.4 Å². The van der Waals surface area contributed by atoms with Gasteiger partial charge in [-0.25, -0.2) is 4.79 Å². The SMILES string of the molecule is CCOC(=O)c1c(NC(=O)[C@H](C)OC(=O)C[C@@H]2Sc3ccccc3NC2=O)sc2c1CCN(Cc1ccccc1)C2. The third kappa shape index (κ3) is 6.80. The van der Waals surface area contributed by atoms with E-state index in [2.05, 4.69) is 27.7 Å². The van der Waals surface area contributed by atoms with E-state index in [-0.39, 0.29) is 18.9 Å². The molecule has 0 saturated carbocycles. The molecular formula is C30H31N3O6S2. The number of anilines is 2. The Bertz CT molecular complexity index is 1460. The molecule has 2 aromatic carbocycles. The van der Waals surface area contributed by atoms with Gasteiger partial charge in [0.15, 0.2) is 6.10 Å². The summed E-state index contributed by atoms with van der Waals surface area (Å²) >= 11 is 2.64. The van der Waals surface area contributed by atoms with Crippen LogP contribution in [0.25, 0.3) is 0 Å². The van der Waals surface area contributed by atoms with Gasteiger partial charge in [-0.15, -0.1) is 23.1 Å². The summed E-state index contributed by atoms with van der Waals surface area (Å²) in [5, 5.41) is 5.33. The molecule has 0 fully saturated rings. The predicted molar refractivity (Wildman–Crippen MR) is 158 cm³/mol. The van der Waals surface area contributed by atoms with Gasteiger partial charge in [-0.05, 0) is 43.5 Å². The van der Waals surface area contributed by atoms with Gasteiger partial charge in [0.2, 0.25) is 5.91 Å². The normalized spacial score (nSPS) is 17.0. The highest BCUT2D eigenvalue weighted by Crippen LogP contribution is 2.39. The van der Waals surface area contributed by atoms with Gasteiger partial charge in [-0.2, -0.15) is 0 Å². The summed E-state index contributed by atoms with van der Waals surface area (Å²) in [7, 11) is 0. The van der Waals surface area contributed by atoms with Crippen LogP contribution in [0.15, 0.2) is 59.5 Å². The highest BCUT2D eigenvalue weighted by atomic mass is 32.2. The zero-order chi connectivity index (χ0) is 28.9. The minimum absolute atomic E-state index is 0.179. The number of para-hydroxylation sites is 1. The van der Waals surface area contributed by atoms with Gasteiger partial charge < -0.3 is 20.1 Å². The summed E-state index contributed by atoms with van der Waals surface area (Å²) in [5.74, 6) is -1.99. The van der Waals surface area contributed by atoms with Crippen LogP contribution in [-0.4, -0.2) is 53.2 Å². The van der Waals surface area contributed by atoms with Gasteiger partial charge in [-0.3, -0.25) is 19.3 Å². The van der Waals surface area contributed by atoms with E-state index in [1.807, 2.05) is 36.4 Å². The molecule has 0 radical (unpaired) electrons. The van der Waals surface area contributed by atoms with Crippen LogP contribution in [0.4, 0.5) is 10.7 Å². The van der Waals surface area contributed by atoms with E-state index < -0.39 is 29.2 Å². The number of esters is 2. The number of nitrogens with zero attached hydrogens (tertiary/aromatic N) is 1. The third-order valence-electron chi connectivity index (χ3n) is 6.84. The maximum atomic E-state index is 13.1. The molecule has 2 aliphatic heterocycles. The van der Waals surface area contributed by atoms with Gasteiger partial charge in [-0.1, -0.05) is 42.5 Å². The summed E-state index contributed by atoms with van der Waals surface area (Å²) in [4.78, 5) is 55.3. The quantitative estimate of drug-likeness (QED) is 0.339. The van der Waals surface area contributed by atoms with Crippen molar-refractivity contribution in [3.63, 3.8) is 0 Å². The smallest absolute Gasteiger partial charge is 0.341 e. The van der Waals surface area contributed by atoms with Crippen molar-refractivity contribution in [1.82, 2.24) is 4.90 Å². The molecule has 11 heteroatoms. The lowest BCUT2D eigenvalue weighted by molar-refractivity contribution is -0.153. The van der Waals surface area contributed by atoms with Gasteiger partial charge >= 0.3 is 11.9 Å². The van der Waals surface area contributed by atoms with Gasteiger partial charge in [0.05, 0.1) is 29.5 Å². The lowest BCUT2D eigenvalue weighted by Crippen LogP contribution is -2.34. The largest absolute Gasteiger partial charge is 0.462 e. The van der Waals surface area contributed by atoms with E-state index in [1.54, 1.807) is 13.0 Å². The fourth-order valence-electron chi connectivity index (χ4n) is 4.83. The van der Waals surface area contributed by atoms with Gasteiger partial charge in [0.1, 0.15) is 5.00 Å². The van der Waals surface area contributed by atoms with Crippen LogP contribution in [0.2, 0.25) is 0 Å². The number of rotatable bonds is 9. The molecule has 9 nitrogen and oxygen atoms in total. The fourth-order valence-corrected chi connectivity index (χ4v) is 7.21. The monoisotopic (exact) mass is 593 g/mol. The second-order valence-electron chi connectivity index (χ2n) is 9.79. The van der Waals surface area contributed by atoms with E-state index in [4.69, 9.17) is 9.47 Å². The Labute approximate surface area is 246 Å². The number of nitrogens with one attached hydrogen (secondary N) is 2. The highest BCUT2D eigenvalue weighted by Gasteiger charge is 2.33. The lowest BCUT2D eigenvalue weighted by Gasteiger charge is -2.27. The first-order valence-corrected chi connectivity index (χ1v) is 15.2. The first-order valence-electron chi connectivity index (χ1n) is 13.5. The fraction of sp³-hybridized carbons (Fsp3) is 0.333. The Hall–Kier alpha value is -3.67. The van der Waals surface area contributed by atoms with Crippen molar-refractivity contribution in [1.29, 1.82) is 0 Å². The number of thioether (sulfide) groups is 1. The van der Waals surface area contributed by atoms with E-state index in [9.17, 15) is 19.2 Å². The molecule has 3 aromatic rings. The Morgan fingerprint density at radius 3 is 2.66 bits per heavy atom. The molecule has 41 heavy (non-hydrogen) atoms. The maximum Gasteiger partial charge on any atom is 0.341 e. The Morgan fingerprint density at radius 1 is 1.12 bits per heavy atom. The summed E-state index contributed by atoms with van der Waals surface area (Å²) in [6, 6.07) is 17.5. The molecule has 3 heterocycles. The molecule has 2 N–H and O–H groups in total. The standard InChI is InChI=1S/C30H31N3O6S2/c1-3-38-30(37)26-20-13-14-33(16-19-9-5-4-6-10-19)17-24(20)41-29(26)32-27(35)18(2)39-25(34)15-23-28(36)31-21-11-7-8-12-22(21)40-23/h4-12,18,23H,3,13-17H2,1-2H3,(H,31,36)(H,32,35)/t18-,23-/m0/s1. The lowest BCUT2D eigenvalue weighted by atomic mass is 10.0. The predicted octanol–water partition coefficient (Wildman–Crippen LogP) is 4.86. The van der Waals surface area contributed by atoms with E-state index in [0.29, 0.717) is 29.2 Å². The van der Waals surface area contributed by atoms with Gasteiger partial charge in [0.25, 0.3) is 5.91 Å². The molecule has 5 rings (SSSR count). The summed E-state index contributed by atoms with van der Waals surface area (Å²) in [6.45, 7) is 5.61.